The number of hydrogen-bond acceptors (Lipinski definition) is 2. The molecule has 0 N–H and O–H groups in total. The number of benzene rings is 4. The molecule has 0 unspecified atom stereocenters. The van der Waals surface area contributed by atoms with Crippen molar-refractivity contribution < 1.29 is 0 Å². The zero-order valence-corrected chi connectivity index (χ0v) is 16.3. The van der Waals surface area contributed by atoms with E-state index < -0.39 is 0 Å². The molecule has 0 radical (unpaired) electrons. The van der Waals surface area contributed by atoms with Crippen LogP contribution in [0.4, 0.5) is 0 Å². The van der Waals surface area contributed by atoms with Crippen LogP contribution in [0.3, 0.4) is 0 Å². The highest BCUT2D eigenvalue weighted by molar-refractivity contribution is 6.09. The van der Waals surface area contributed by atoms with Gasteiger partial charge in [-0.05, 0) is 34.4 Å². The lowest BCUT2D eigenvalue weighted by molar-refractivity contribution is 1.35. The number of nitrogens with zero attached hydrogens (tertiary/aromatic N) is 2. The number of para-hydroxylation sites is 1. The molecule has 0 spiro atoms. The van der Waals surface area contributed by atoms with E-state index in [1.165, 1.54) is 16.2 Å². The van der Waals surface area contributed by atoms with Crippen LogP contribution >= 0.6 is 0 Å². The first-order chi connectivity index (χ1) is 14.9. The van der Waals surface area contributed by atoms with Gasteiger partial charge in [0, 0.05) is 28.1 Å². The van der Waals surface area contributed by atoms with Crippen molar-refractivity contribution in [2.24, 2.45) is 0 Å². The Morgan fingerprint density at radius 2 is 1.17 bits per heavy atom. The molecule has 140 valence electrons. The Balaban J connectivity index is 1.73. The Hall–Kier alpha value is -4.04. The number of rotatable bonds is 2. The van der Waals surface area contributed by atoms with E-state index in [4.69, 9.17) is 9.97 Å². The summed E-state index contributed by atoms with van der Waals surface area (Å²) in [5.74, 6) is 0. The maximum atomic E-state index is 4.99. The molecule has 0 atom stereocenters. The van der Waals surface area contributed by atoms with Gasteiger partial charge in [-0.25, -0.2) is 4.98 Å². The Morgan fingerprint density at radius 3 is 2.03 bits per heavy atom. The van der Waals surface area contributed by atoms with Gasteiger partial charge >= 0.3 is 0 Å². The summed E-state index contributed by atoms with van der Waals surface area (Å²) in [4.78, 5) is 9.84. The second-order valence-corrected chi connectivity index (χ2v) is 7.48. The van der Waals surface area contributed by atoms with Gasteiger partial charge in [-0.15, -0.1) is 0 Å². The number of hydrogen-bond donors (Lipinski definition) is 0. The van der Waals surface area contributed by atoms with Crippen LogP contribution < -0.4 is 0 Å². The van der Waals surface area contributed by atoms with Gasteiger partial charge in [-0.2, -0.15) is 0 Å². The minimum Gasteiger partial charge on any atom is -0.256 e. The summed E-state index contributed by atoms with van der Waals surface area (Å²) >= 11 is 0. The standard InChI is InChI=1S/C28H18N2/c1-4-10-22-19(7-1)13-15-24(26-16-14-21-9-3-6-12-25(21)30-26)27(22)28-23-11-5-2-8-20(23)17-18-29-28/h1-18H. The minimum absolute atomic E-state index is 0.962. The van der Waals surface area contributed by atoms with Crippen LogP contribution in [0.2, 0.25) is 0 Å². The van der Waals surface area contributed by atoms with Crippen molar-refractivity contribution in [3.05, 3.63) is 109 Å². The van der Waals surface area contributed by atoms with Gasteiger partial charge < -0.3 is 0 Å². The van der Waals surface area contributed by atoms with Crippen LogP contribution in [-0.2, 0) is 0 Å². The molecule has 0 aliphatic carbocycles. The molecule has 6 rings (SSSR count). The fourth-order valence-electron chi connectivity index (χ4n) is 4.28. The zero-order chi connectivity index (χ0) is 19.9. The molecule has 0 fully saturated rings. The average molecular weight is 382 g/mol. The highest BCUT2D eigenvalue weighted by Gasteiger charge is 2.16. The Labute approximate surface area is 174 Å². The van der Waals surface area contributed by atoms with E-state index in [0.29, 0.717) is 0 Å². The van der Waals surface area contributed by atoms with Crippen molar-refractivity contribution in [1.29, 1.82) is 0 Å². The maximum Gasteiger partial charge on any atom is 0.0793 e. The molecule has 4 aromatic carbocycles. The Bertz CT molecular complexity index is 1540. The lowest BCUT2D eigenvalue weighted by Crippen LogP contribution is -1.94. The van der Waals surface area contributed by atoms with Crippen LogP contribution in [-0.4, -0.2) is 9.97 Å². The Kier molecular flexibility index (Phi) is 3.82. The van der Waals surface area contributed by atoms with E-state index in [0.717, 1.165) is 38.8 Å². The first kappa shape index (κ1) is 16.9. The van der Waals surface area contributed by atoms with Gasteiger partial charge in [-0.3, -0.25) is 4.98 Å². The van der Waals surface area contributed by atoms with Gasteiger partial charge in [-0.1, -0.05) is 84.9 Å². The quantitative estimate of drug-likeness (QED) is 0.315. The predicted octanol–water partition coefficient (Wildman–Crippen LogP) is 7.27. The molecule has 0 aliphatic heterocycles. The Morgan fingerprint density at radius 1 is 0.500 bits per heavy atom. The first-order valence-corrected chi connectivity index (χ1v) is 10.1. The fraction of sp³-hybridized carbons (Fsp3) is 0. The van der Waals surface area contributed by atoms with Crippen LogP contribution in [0, 0.1) is 0 Å². The molecule has 0 saturated heterocycles. The summed E-state index contributed by atoms with van der Waals surface area (Å²) < 4.78 is 0. The SMILES string of the molecule is c1ccc2nc(-c3ccc4ccccc4c3-c3nccc4ccccc34)ccc2c1. The van der Waals surface area contributed by atoms with Gasteiger partial charge in [0.15, 0.2) is 0 Å². The summed E-state index contributed by atoms with van der Waals surface area (Å²) in [7, 11) is 0. The normalized spacial score (nSPS) is 11.3. The lowest BCUT2D eigenvalue weighted by Gasteiger charge is -2.15. The van der Waals surface area contributed by atoms with Crippen molar-refractivity contribution in [2.75, 3.05) is 0 Å². The summed E-state index contributed by atoms with van der Waals surface area (Å²) in [6, 6.07) is 35.9. The first-order valence-electron chi connectivity index (χ1n) is 10.1. The molecular weight excluding hydrogens is 364 g/mol. The summed E-state index contributed by atoms with van der Waals surface area (Å²) in [6.07, 6.45) is 1.90. The highest BCUT2D eigenvalue weighted by atomic mass is 14.7. The van der Waals surface area contributed by atoms with Crippen molar-refractivity contribution in [2.45, 2.75) is 0 Å². The van der Waals surface area contributed by atoms with Crippen LogP contribution in [0.15, 0.2) is 109 Å². The van der Waals surface area contributed by atoms with Gasteiger partial charge in [0.2, 0.25) is 0 Å². The predicted molar refractivity (Wildman–Crippen MR) is 125 cm³/mol. The largest absolute Gasteiger partial charge is 0.256 e. The van der Waals surface area contributed by atoms with E-state index in [1.54, 1.807) is 0 Å². The molecule has 0 bridgehead atoms. The van der Waals surface area contributed by atoms with Gasteiger partial charge in [0.05, 0.1) is 16.9 Å². The summed E-state index contributed by atoms with van der Waals surface area (Å²) in [5.41, 5.74) is 5.19. The third-order valence-corrected chi connectivity index (χ3v) is 5.71. The minimum atomic E-state index is 0.962. The van der Waals surface area contributed by atoms with Gasteiger partial charge in [0.25, 0.3) is 0 Å². The van der Waals surface area contributed by atoms with Crippen LogP contribution in [0.25, 0.3) is 55.0 Å². The molecule has 0 saturated carbocycles. The van der Waals surface area contributed by atoms with Gasteiger partial charge in [0.1, 0.15) is 0 Å². The van der Waals surface area contributed by atoms with Crippen LogP contribution in [0.1, 0.15) is 0 Å². The summed E-state index contributed by atoms with van der Waals surface area (Å²) in [5, 5.41) is 5.87. The third-order valence-electron chi connectivity index (χ3n) is 5.71. The maximum absolute atomic E-state index is 4.99. The molecule has 2 heteroatoms. The second-order valence-electron chi connectivity index (χ2n) is 7.48. The third kappa shape index (κ3) is 2.66. The molecule has 2 aromatic heterocycles. The number of aromatic nitrogens is 2. The summed E-state index contributed by atoms with van der Waals surface area (Å²) in [6.45, 7) is 0. The zero-order valence-electron chi connectivity index (χ0n) is 16.3. The highest BCUT2D eigenvalue weighted by Crippen LogP contribution is 2.39. The molecule has 2 nitrogen and oxygen atoms in total. The van der Waals surface area contributed by atoms with E-state index in [2.05, 4.69) is 91.0 Å². The van der Waals surface area contributed by atoms with Crippen LogP contribution in [0.5, 0.6) is 0 Å². The smallest absolute Gasteiger partial charge is 0.0793 e. The van der Waals surface area contributed by atoms with E-state index >= 15 is 0 Å². The topological polar surface area (TPSA) is 25.8 Å². The number of pyridine rings is 2. The molecular formula is C28H18N2. The number of fused-ring (bicyclic) bond motifs is 3. The molecule has 30 heavy (non-hydrogen) atoms. The average Bonchev–Trinajstić information content (AvgIpc) is 2.83. The van der Waals surface area contributed by atoms with Crippen molar-refractivity contribution in [3.8, 4) is 22.5 Å². The lowest BCUT2D eigenvalue weighted by atomic mass is 9.92. The second kappa shape index (κ2) is 6.78. The van der Waals surface area contributed by atoms with Crippen molar-refractivity contribution >= 4 is 32.4 Å². The van der Waals surface area contributed by atoms with E-state index in [9.17, 15) is 0 Å². The molecule has 0 aliphatic rings. The van der Waals surface area contributed by atoms with E-state index in [1.807, 2.05) is 18.3 Å². The van der Waals surface area contributed by atoms with E-state index in [-0.39, 0.29) is 0 Å². The van der Waals surface area contributed by atoms with Crippen molar-refractivity contribution in [3.63, 3.8) is 0 Å². The fourth-order valence-corrected chi connectivity index (χ4v) is 4.28. The molecule has 2 heterocycles. The monoisotopic (exact) mass is 382 g/mol. The van der Waals surface area contributed by atoms with Crippen molar-refractivity contribution in [1.82, 2.24) is 9.97 Å². The molecule has 6 aromatic rings. The molecule has 0 amide bonds.